The van der Waals surface area contributed by atoms with Gasteiger partial charge in [0.15, 0.2) is 0 Å². The second-order valence-electron chi connectivity index (χ2n) is 8.89. The van der Waals surface area contributed by atoms with Crippen molar-refractivity contribution >= 4 is 34.0 Å². The molecule has 0 atom stereocenters. The largest absolute Gasteiger partial charge is 0.395 e. The van der Waals surface area contributed by atoms with Crippen molar-refractivity contribution in [3.8, 4) is 6.07 Å². The smallest absolute Gasteiger partial charge is 0.270 e. The molecule has 3 aromatic rings. The van der Waals surface area contributed by atoms with Gasteiger partial charge < -0.3 is 14.3 Å². The standard InChI is InChI=1S/C25H25ClN6O2/c1-31-20-7-8-21(26)29-23(20)24(18(14-27)25(31)33)32-12-9-17(10-13-32)22(19-4-2-3-11-28-19)30-34-15-16-5-6-16/h2-4,7-8,11,16-17H,5-6,9-10,12-13,15H2,1H3/b30-22+. The van der Waals surface area contributed by atoms with Gasteiger partial charge in [-0.1, -0.05) is 22.8 Å². The Morgan fingerprint density at radius 3 is 2.71 bits per heavy atom. The van der Waals surface area contributed by atoms with Crippen LogP contribution < -0.4 is 10.5 Å². The minimum Gasteiger partial charge on any atom is -0.395 e. The van der Waals surface area contributed by atoms with E-state index in [4.69, 9.17) is 16.4 Å². The maximum Gasteiger partial charge on any atom is 0.270 e. The number of fused-ring (bicyclic) bond motifs is 1. The molecule has 9 heteroatoms. The topological polar surface area (TPSA) is 96.4 Å². The van der Waals surface area contributed by atoms with Crippen LogP contribution in [0.3, 0.4) is 0 Å². The first-order valence-electron chi connectivity index (χ1n) is 11.5. The molecule has 1 aliphatic heterocycles. The minimum absolute atomic E-state index is 0.0922. The molecule has 3 aromatic heterocycles. The van der Waals surface area contributed by atoms with Crippen LogP contribution in [0.1, 0.15) is 36.9 Å². The highest BCUT2D eigenvalue weighted by Crippen LogP contribution is 2.33. The molecule has 174 valence electrons. The van der Waals surface area contributed by atoms with Gasteiger partial charge in [-0.3, -0.25) is 9.78 Å². The van der Waals surface area contributed by atoms with Crippen LogP contribution in [0.15, 0.2) is 46.5 Å². The Balaban J connectivity index is 1.44. The van der Waals surface area contributed by atoms with Crippen molar-refractivity contribution in [2.24, 2.45) is 24.0 Å². The molecule has 1 saturated carbocycles. The van der Waals surface area contributed by atoms with Gasteiger partial charge in [0.25, 0.3) is 5.56 Å². The Bertz CT molecular complexity index is 1340. The molecule has 1 saturated heterocycles. The summed E-state index contributed by atoms with van der Waals surface area (Å²) in [5, 5.41) is 14.7. The third-order valence-corrected chi connectivity index (χ3v) is 6.80. The zero-order chi connectivity index (χ0) is 23.7. The number of rotatable bonds is 6. The highest BCUT2D eigenvalue weighted by molar-refractivity contribution is 6.29. The Labute approximate surface area is 202 Å². The number of hydrogen-bond acceptors (Lipinski definition) is 7. The molecular formula is C25H25ClN6O2. The van der Waals surface area contributed by atoms with E-state index < -0.39 is 0 Å². The van der Waals surface area contributed by atoms with E-state index in [0.29, 0.717) is 47.5 Å². The van der Waals surface area contributed by atoms with Crippen LogP contribution in [0, 0.1) is 23.2 Å². The van der Waals surface area contributed by atoms with Gasteiger partial charge in [-0.25, -0.2) is 4.98 Å². The number of aromatic nitrogens is 3. The molecule has 2 fully saturated rings. The first-order chi connectivity index (χ1) is 16.6. The summed E-state index contributed by atoms with van der Waals surface area (Å²) < 4.78 is 1.45. The molecule has 8 nitrogen and oxygen atoms in total. The molecule has 4 heterocycles. The number of hydrogen-bond donors (Lipinski definition) is 0. The van der Waals surface area contributed by atoms with Crippen molar-refractivity contribution < 1.29 is 4.84 Å². The molecule has 0 bridgehead atoms. The number of piperidine rings is 1. The normalized spacial score (nSPS) is 17.1. The quantitative estimate of drug-likeness (QED) is 0.304. The lowest BCUT2D eigenvalue weighted by Gasteiger charge is -2.34. The number of aryl methyl sites for hydroxylation is 1. The number of nitriles is 1. The van der Waals surface area contributed by atoms with Crippen LogP contribution >= 0.6 is 11.6 Å². The molecule has 2 aliphatic rings. The van der Waals surface area contributed by atoms with Gasteiger partial charge >= 0.3 is 0 Å². The van der Waals surface area contributed by atoms with Gasteiger partial charge in [0.05, 0.1) is 16.9 Å². The fourth-order valence-corrected chi connectivity index (χ4v) is 4.64. The Morgan fingerprint density at radius 2 is 2.03 bits per heavy atom. The van der Waals surface area contributed by atoms with Gasteiger partial charge in [-0.05, 0) is 55.9 Å². The first kappa shape index (κ1) is 22.4. The second-order valence-corrected chi connectivity index (χ2v) is 9.28. The van der Waals surface area contributed by atoms with E-state index in [0.717, 1.165) is 24.2 Å². The third-order valence-electron chi connectivity index (χ3n) is 6.59. The molecule has 0 radical (unpaired) electrons. The highest BCUT2D eigenvalue weighted by Gasteiger charge is 2.30. The number of nitrogens with zero attached hydrogens (tertiary/aromatic N) is 6. The SMILES string of the molecule is Cn1c(=O)c(C#N)c(N2CCC(/C(=N\OCC3CC3)c3ccccn3)CC2)c2nc(Cl)ccc21. The predicted octanol–water partition coefficient (Wildman–Crippen LogP) is 3.90. The van der Waals surface area contributed by atoms with E-state index in [1.54, 1.807) is 25.4 Å². The molecule has 0 unspecified atom stereocenters. The molecule has 0 N–H and O–H groups in total. The minimum atomic E-state index is -0.333. The van der Waals surface area contributed by atoms with Crippen LogP contribution in [0.4, 0.5) is 5.69 Å². The van der Waals surface area contributed by atoms with Gasteiger partial charge in [0.2, 0.25) is 0 Å². The van der Waals surface area contributed by atoms with Crippen LogP contribution in [0.5, 0.6) is 0 Å². The summed E-state index contributed by atoms with van der Waals surface area (Å²) in [6.07, 6.45) is 5.74. The highest BCUT2D eigenvalue weighted by atomic mass is 35.5. The summed E-state index contributed by atoms with van der Waals surface area (Å²) in [6.45, 7) is 1.93. The summed E-state index contributed by atoms with van der Waals surface area (Å²) in [7, 11) is 1.65. The summed E-state index contributed by atoms with van der Waals surface area (Å²) in [5.41, 5.74) is 3.21. The van der Waals surface area contributed by atoms with Crippen molar-refractivity contribution in [3.05, 3.63) is 63.3 Å². The van der Waals surface area contributed by atoms with Crippen LogP contribution in [-0.4, -0.2) is 39.9 Å². The number of anilines is 1. The summed E-state index contributed by atoms with van der Waals surface area (Å²) >= 11 is 6.19. The van der Waals surface area contributed by atoms with Crippen molar-refractivity contribution in [2.75, 3.05) is 24.6 Å². The summed E-state index contributed by atoms with van der Waals surface area (Å²) in [6, 6.07) is 11.3. The maximum atomic E-state index is 12.9. The lowest BCUT2D eigenvalue weighted by molar-refractivity contribution is 0.132. The van der Waals surface area contributed by atoms with E-state index in [9.17, 15) is 10.1 Å². The third kappa shape index (κ3) is 4.36. The fraction of sp³-hybridized carbons (Fsp3) is 0.400. The van der Waals surface area contributed by atoms with Gasteiger partial charge in [0, 0.05) is 32.3 Å². The number of oxime groups is 1. The zero-order valence-corrected chi connectivity index (χ0v) is 19.7. The first-order valence-corrected chi connectivity index (χ1v) is 11.9. The van der Waals surface area contributed by atoms with Crippen LogP contribution in [0.2, 0.25) is 5.15 Å². The maximum absolute atomic E-state index is 12.9. The molecule has 0 aromatic carbocycles. The average Bonchev–Trinajstić information content (AvgIpc) is 3.69. The van der Waals surface area contributed by atoms with Gasteiger partial charge in [-0.15, -0.1) is 0 Å². The Hall–Kier alpha value is -3.44. The Morgan fingerprint density at radius 1 is 1.24 bits per heavy atom. The lowest BCUT2D eigenvalue weighted by atomic mass is 9.89. The molecular weight excluding hydrogens is 452 g/mol. The molecule has 34 heavy (non-hydrogen) atoms. The second kappa shape index (κ2) is 9.43. The van der Waals surface area contributed by atoms with E-state index in [-0.39, 0.29) is 17.0 Å². The molecule has 5 rings (SSSR count). The molecule has 0 amide bonds. The molecule has 1 aliphatic carbocycles. The molecule has 0 spiro atoms. The van der Waals surface area contributed by atoms with Crippen molar-refractivity contribution in [3.63, 3.8) is 0 Å². The zero-order valence-electron chi connectivity index (χ0n) is 18.9. The van der Waals surface area contributed by atoms with E-state index in [1.165, 1.54) is 17.4 Å². The van der Waals surface area contributed by atoms with E-state index in [2.05, 4.69) is 26.1 Å². The number of pyridine rings is 3. The fourth-order valence-electron chi connectivity index (χ4n) is 4.50. The van der Waals surface area contributed by atoms with Gasteiger partial charge in [0.1, 0.15) is 34.6 Å². The van der Waals surface area contributed by atoms with Crippen molar-refractivity contribution in [1.82, 2.24) is 14.5 Å². The number of halogens is 1. The van der Waals surface area contributed by atoms with Crippen molar-refractivity contribution in [1.29, 1.82) is 5.26 Å². The average molecular weight is 477 g/mol. The van der Waals surface area contributed by atoms with E-state index in [1.807, 2.05) is 18.2 Å². The van der Waals surface area contributed by atoms with Gasteiger partial charge in [-0.2, -0.15) is 5.26 Å². The van der Waals surface area contributed by atoms with Crippen LogP contribution in [-0.2, 0) is 11.9 Å². The summed E-state index contributed by atoms with van der Waals surface area (Å²) in [4.78, 5) is 29.7. The Kier molecular flexibility index (Phi) is 6.20. The monoisotopic (exact) mass is 476 g/mol. The predicted molar refractivity (Wildman–Crippen MR) is 131 cm³/mol. The lowest BCUT2D eigenvalue weighted by Crippen LogP contribution is -2.39. The van der Waals surface area contributed by atoms with Crippen molar-refractivity contribution in [2.45, 2.75) is 25.7 Å². The van der Waals surface area contributed by atoms with E-state index >= 15 is 0 Å². The summed E-state index contributed by atoms with van der Waals surface area (Å²) in [5.74, 6) is 0.776. The van der Waals surface area contributed by atoms with Crippen LogP contribution in [0.25, 0.3) is 11.0 Å².